The normalized spacial score (nSPS) is 11.5. The number of hydrogen-bond donors (Lipinski definition) is 2. The second-order valence-electron chi connectivity index (χ2n) is 5.80. The summed E-state index contributed by atoms with van der Waals surface area (Å²) in [5.41, 5.74) is 4.78. The predicted molar refractivity (Wildman–Crippen MR) is 98.9 cm³/mol. The Kier molecular flexibility index (Phi) is 5.85. The SMILES string of the molecule is Cc1nc(NS(=O)(=O)NCCc2ccc(Cl)cc2)c(C)c(C)c1C. The third-order valence-corrected chi connectivity index (χ3v) is 5.45. The van der Waals surface area contributed by atoms with Crippen LogP contribution in [0.5, 0.6) is 0 Å². The molecule has 2 aromatic rings. The summed E-state index contributed by atoms with van der Waals surface area (Å²) >= 11 is 5.83. The Morgan fingerprint density at radius 1 is 1.00 bits per heavy atom. The summed E-state index contributed by atoms with van der Waals surface area (Å²) in [4.78, 5) is 4.35. The molecule has 1 heterocycles. The molecule has 0 aliphatic carbocycles. The van der Waals surface area contributed by atoms with Crippen molar-refractivity contribution < 1.29 is 8.42 Å². The van der Waals surface area contributed by atoms with Crippen molar-refractivity contribution in [2.24, 2.45) is 0 Å². The summed E-state index contributed by atoms with van der Waals surface area (Å²) < 4.78 is 29.5. The van der Waals surface area contributed by atoms with Crippen LogP contribution in [-0.4, -0.2) is 19.9 Å². The van der Waals surface area contributed by atoms with E-state index < -0.39 is 10.2 Å². The van der Waals surface area contributed by atoms with Gasteiger partial charge in [0.25, 0.3) is 10.2 Å². The van der Waals surface area contributed by atoms with Crippen molar-refractivity contribution in [2.75, 3.05) is 11.3 Å². The van der Waals surface area contributed by atoms with E-state index in [0.29, 0.717) is 23.8 Å². The van der Waals surface area contributed by atoms with Crippen LogP contribution in [0.3, 0.4) is 0 Å². The van der Waals surface area contributed by atoms with Crippen LogP contribution in [-0.2, 0) is 16.6 Å². The Morgan fingerprint density at radius 3 is 2.25 bits per heavy atom. The fourth-order valence-electron chi connectivity index (χ4n) is 2.31. The molecular formula is C17H22ClN3O2S. The third kappa shape index (κ3) is 4.69. The fraction of sp³-hybridized carbons (Fsp3) is 0.353. The zero-order chi connectivity index (χ0) is 17.9. The summed E-state index contributed by atoms with van der Waals surface area (Å²) in [7, 11) is -3.67. The summed E-state index contributed by atoms with van der Waals surface area (Å²) in [6.07, 6.45) is 0.580. The third-order valence-electron chi connectivity index (χ3n) is 4.15. The van der Waals surface area contributed by atoms with E-state index in [9.17, 15) is 8.42 Å². The Balaban J connectivity index is 2.02. The van der Waals surface area contributed by atoms with Crippen molar-refractivity contribution in [1.82, 2.24) is 9.71 Å². The number of halogens is 1. The molecule has 0 saturated heterocycles. The molecule has 0 unspecified atom stereocenters. The fourth-order valence-corrected chi connectivity index (χ4v) is 3.33. The Labute approximate surface area is 148 Å². The molecule has 5 nitrogen and oxygen atoms in total. The monoisotopic (exact) mass is 367 g/mol. The van der Waals surface area contributed by atoms with Crippen molar-refractivity contribution in [1.29, 1.82) is 0 Å². The van der Waals surface area contributed by atoms with Gasteiger partial charge in [0.2, 0.25) is 0 Å². The van der Waals surface area contributed by atoms with Crippen LogP contribution in [0.25, 0.3) is 0 Å². The maximum absolute atomic E-state index is 12.2. The van der Waals surface area contributed by atoms with Gasteiger partial charge < -0.3 is 0 Å². The Morgan fingerprint density at radius 2 is 1.62 bits per heavy atom. The Bertz CT molecular complexity index is 834. The number of aromatic nitrogens is 1. The van der Waals surface area contributed by atoms with Crippen LogP contribution < -0.4 is 9.44 Å². The maximum Gasteiger partial charge on any atom is 0.300 e. The maximum atomic E-state index is 12.2. The van der Waals surface area contributed by atoms with Gasteiger partial charge in [0.05, 0.1) is 0 Å². The van der Waals surface area contributed by atoms with Crippen LogP contribution in [0.1, 0.15) is 27.9 Å². The van der Waals surface area contributed by atoms with E-state index in [1.807, 2.05) is 39.8 Å². The lowest BCUT2D eigenvalue weighted by molar-refractivity contribution is 0.587. The lowest BCUT2D eigenvalue weighted by atomic mass is 10.0. The van der Waals surface area contributed by atoms with E-state index in [4.69, 9.17) is 11.6 Å². The molecule has 1 aromatic heterocycles. The highest BCUT2D eigenvalue weighted by Crippen LogP contribution is 2.22. The van der Waals surface area contributed by atoms with Crippen molar-refractivity contribution in [3.63, 3.8) is 0 Å². The number of hydrogen-bond acceptors (Lipinski definition) is 3. The first kappa shape index (κ1) is 18.7. The van der Waals surface area contributed by atoms with E-state index in [1.165, 1.54) is 0 Å². The molecule has 1 aromatic carbocycles. The minimum Gasteiger partial charge on any atom is -0.254 e. The van der Waals surface area contributed by atoms with Gasteiger partial charge >= 0.3 is 0 Å². The number of nitrogens with one attached hydrogen (secondary N) is 2. The molecule has 130 valence electrons. The molecule has 0 aliphatic rings. The molecule has 24 heavy (non-hydrogen) atoms. The van der Waals surface area contributed by atoms with E-state index in [0.717, 1.165) is 27.9 Å². The molecule has 0 atom stereocenters. The van der Waals surface area contributed by atoms with Gasteiger partial charge in [-0.05, 0) is 68.5 Å². The molecule has 0 amide bonds. The van der Waals surface area contributed by atoms with Crippen LogP contribution in [0, 0.1) is 27.7 Å². The highest BCUT2D eigenvalue weighted by Gasteiger charge is 2.15. The first-order valence-corrected chi connectivity index (χ1v) is 9.52. The average Bonchev–Trinajstić information content (AvgIpc) is 2.52. The van der Waals surface area contributed by atoms with E-state index in [1.54, 1.807) is 12.1 Å². The van der Waals surface area contributed by atoms with Crippen LogP contribution >= 0.6 is 11.6 Å². The highest BCUT2D eigenvalue weighted by molar-refractivity contribution is 7.90. The van der Waals surface area contributed by atoms with Crippen LogP contribution in [0.2, 0.25) is 5.02 Å². The van der Waals surface area contributed by atoms with Crippen LogP contribution in [0.15, 0.2) is 24.3 Å². The van der Waals surface area contributed by atoms with Crippen molar-refractivity contribution in [2.45, 2.75) is 34.1 Å². The standard InChI is InChI=1S/C17H22ClN3O2S/c1-11-12(2)14(4)20-17(13(11)3)21-24(22,23)19-10-9-15-5-7-16(18)8-6-15/h5-8,19H,9-10H2,1-4H3,(H,20,21). The van der Waals surface area contributed by atoms with E-state index >= 15 is 0 Å². The minimum absolute atomic E-state index is 0.292. The van der Waals surface area contributed by atoms with Gasteiger partial charge in [0.15, 0.2) is 0 Å². The Hall–Kier alpha value is -1.63. The van der Waals surface area contributed by atoms with Gasteiger partial charge in [0, 0.05) is 17.3 Å². The van der Waals surface area contributed by atoms with Crippen molar-refractivity contribution in [3.8, 4) is 0 Å². The summed E-state index contributed by atoms with van der Waals surface area (Å²) in [5, 5.41) is 0.660. The summed E-state index contributed by atoms with van der Waals surface area (Å²) in [6, 6.07) is 7.33. The molecular weight excluding hydrogens is 346 g/mol. The molecule has 0 fully saturated rings. The lowest BCUT2D eigenvalue weighted by Crippen LogP contribution is -2.32. The first-order valence-electron chi connectivity index (χ1n) is 7.66. The predicted octanol–water partition coefficient (Wildman–Crippen LogP) is 3.46. The lowest BCUT2D eigenvalue weighted by Gasteiger charge is -2.15. The number of pyridine rings is 1. The smallest absolute Gasteiger partial charge is 0.254 e. The summed E-state index contributed by atoms with van der Waals surface area (Å²) in [5.74, 6) is 0.370. The number of benzene rings is 1. The topological polar surface area (TPSA) is 71.1 Å². The second kappa shape index (κ2) is 7.51. The zero-order valence-corrected chi connectivity index (χ0v) is 15.8. The minimum atomic E-state index is -3.67. The zero-order valence-electron chi connectivity index (χ0n) is 14.3. The quantitative estimate of drug-likeness (QED) is 0.821. The molecule has 0 radical (unpaired) electrons. The number of anilines is 1. The van der Waals surface area contributed by atoms with Gasteiger partial charge in [-0.2, -0.15) is 13.1 Å². The van der Waals surface area contributed by atoms with Crippen molar-refractivity contribution in [3.05, 3.63) is 57.2 Å². The number of rotatable bonds is 6. The number of nitrogens with zero attached hydrogens (tertiary/aromatic N) is 1. The van der Waals surface area contributed by atoms with E-state index in [-0.39, 0.29) is 0 Å². The van der Waals surface area contributed by atoms with Gasteiger partial charge in [-0.15, -0.1) is 0 Å². The van der Waals surface area contributed by atoms with Crippen molar-refractivity contribution >= 4 is 27.6 Å². The molecule has 0 bridgehead atoms. The molecule has 0 aliphatic heterocycles. The van der Waals surface area contributed by atoms with E-state index in [2.05, 4.69) is 14.4 Å². The molecule has 2 N–H and O–H groups in total. The average molecular weight is 368 g/mol. The second-order valence-corrected chi connectivity index (χ2v) is 7.73. The largest absolute Gasteiger partial charge is 0.300 e. The molecule has 0 spiro atoms. The molecule has 2 rings (SSSR count). The van der Waals surface area contributed by atoms with Crippen LogP contribution in [0.4, 0.5) is 5.82 Å². The molecule has 0 saturated carbocycles. The first-order chi connectivity index (χ1) is 11.2. The van der Waals surface area contributed by atoms with Gasteiger partial charge in [-0.1, -0.05) is 23.7 Å². The van der Waals surface area contributed by atoms with Gasteiger partial charge in [-0.3, -0.25) is 4.72 Å². The highest BCUT2D eigenvalue weighted by atomic mass is 35.5. The van der Waals surface area contributed by atoms with Gasteiger partial charge in [-0.25, -0.2) is 4.98 Å². The number of aryl methyl sites for hydroxylation is 1. The summed E-state index contributed by atoms with van der Waals surface area (Å²) in [6.45, 7) is 7.96. The van der Waals surface area contributed by atoms with Gasteiger partial charge in [0.1, 0.15) is 5.82 Å². The molecule has 7 heteroatoms.